The summed E-state index contributed by atoms with van der Waals surface area (Å²) >= 11 is 0. The Bertz CT molecular complexity index is 585. The molecule has 0 unspecified atom stereocenters. The van der Waals surface area contributed by atoms with Crippen molar-refractivity contribution >= 4 is 17.8 Å². The third-order valence-corrected chi connectivity index (χ3v) is 4.53. The highest BCUT2D eigenvalue weighted by molar-refractivity contribution is 5.97. The maximum Gasteiger partial charge on any atom is 0.317 e. The lowest BCUT2D eigenvalue weighted by atomic mass is 10.1. The van der Waals surface area contributed by atoms with Crippen LogP contribution in [0.15, 0.2) is 18.3 Å². The second-order valence-electron chi connectivity index (χ2n) is 6.56. The molecule has 1 aromatic rings. The smallest absolute Gasteiger partial charge is 0.317 e. The molecule has 138 valence electrons. The van der Waals surface area contributed by atoms with E-state index in [9.17, 15) is 9.59 Å². The number of pyridine rings is 1. The number of carbonyl (C=O) groups is 2. The number of carbonyl (C=O) groups excluding carboxylic acids is 2. The van der Waals surface area contributed by atoms with Gasteiger partial charge in [-0.05, 0) is 25.5 Å². The van der Waals surface area contributed by atoms with E-state index in [2.05, 4.69) is 24.1 Å². The Morgan fingerprint density at radius 1 is 1.28 bits per heavy atom. The van der Waals surface area contributed by atoms with Gasteiger partial charge in [-0.2, -0.15) is 0 Å². The summed E-state index contributed by atoms with van der Waals surface area (Å²) in [5, 5.41) is 3.07. The molecule has 2 rings (SSSR count). The second kappa shape index (κ2) is 9.25. The summed E-state index contributed by atoms with van der Waals surface area (Å²) in [5.41, 5.74) is 5.84. The molecule has 1 aromatic heterocycles. The van der Waals surface area contributed by atoms with Crippen molar-refractivity contribution in [3.05, 3.63) is 23.9 Å². The number of amides is 3. The fourth-order valence-electron chi connectivity index (χ4n) is 3.04. The van der Waals surface area contributed by atoms with Crippen LogP contribution in [-0.2, 0) is 0 Å². The van der Waals surface area contributed by atoms with Crippen molar-refractivity contribution in [2.24, 2.45) is 5.73 Å². The van der Waals surface area contributed by atoms with Gasteiger partial charge in [0.05, 0.1) is 5.56 Å². The van der Waals surface area contributed by atoms with Crippen LogP contribution in [0.3, 0.4) is 0 Å². The molecule has 3 N–H and O–H groups in total. The van der Waals surface area contributed by atoms with E-state index in [1.54, 1.807) is 18.3 Å². The molecule has 0 radical (unpaired) electrons. The normalized spacial score (nSPS) is 15.8. The molecule has 1 fully saturated rings. The van der Waals surface area contributed by atoms with E-state index in [1.807, 2.05) is 9.80 Å². The van der Waals surface area contributed by atoms with Crippen LogP contribution in [0.25, 0.3) is 0 Å². The molecule has 7 heteroatoms. The quantitative estimate of drug-likeness (QED) is 0.738. The lowest BCUT2D eigenvalue weighted by Crippen LogP contribution is -2.53. The van der Waals surface area contributed by atoms with Gasteiger partial charge in [0.1, 0.15) is 5.82 Å². The fraction of sp³-hybridized carbons (Fsp3) is 0.611. The molecular weight excluding hydrogens is 318 g/mol. The maximum absolute atomic E-state index is 12.4. The van der Waals surface area contributed by atoms with Crippen LogP contribution in [-0.4, -0.2) is 54.0 Å². The van der Waals surface area contributed by atoms with Crippen LogP contribution in [0, 0.1) is 0 Å². The molecule has 1 aliphatic heterocycles. The van der Waals surface area contributed by atoms with Crippen molar-refractivity contribution < 1.29 is 9.59 Å². The molecule has 3 amide bonds. The van der Waals surface area contributed by atoms with E-state index in [-0.39, 0.29) is 12.1 Å². The summed E-state index contributed by atoms with van der Waals surface area (Å²) in [7, 11) is 0. The Morgan fingerprint density at radius 3 is 2.64 bits per heavy atom. The van der Waals surface area contributed by atoms with Crippen molar-refractivity contribution in [2.75, 3.05) is 31.1 Å². The minimum Gasteiger partial charge on any atom is -0.365 e. The summed E-state index contributed by atoms with van der Waals surface area (Å²) in [4.78, 5) is 32.0. The summed E-state index contributed by atoms with van der Waals surface area (Å²) in [6, 6.07) is 3.56. The first kappa shape index (κ1) is 19.0. The minimum absolute atomic E-state index is 0.0141. The molecule has 25 heavy (non-hydrogen) atoms. The van der Waals surface area contributed by atoms with Crippen LogP contribution in [0.5, 0.6) is 0 Å². The highest BCUT2D eigenvalue weighted by Gasteiger charge is 2.24. The number of nitrogens with two attached hydrogens (primary N) is 1. The van der Waals surface area contributed by atoms with Gasteiger partial charge in [0.15, 0.2) is 0 Å². The molecule has 1 atom stereocenters. The van der Waals surface area contributed by atoms with Gasteiger partial charge in [0.25, 0.3) is 5.91 Å². The van der Waals surface area contributed by atoms with Gasteiger partial charge in [-0.1, -0.05) is 26.2 Å². The van der Waals surface area contributed by atoms with Crippen molar-refractivity contribution in [1.82, 2.24) is 15.2 Å². The molecule has 1 aliphatic rings. The van der Waals surface area contributed by atoms with Crippen LogP contribution in [0.4, 0.5) is 10.6 Å². The van der Waals surface area contributed by atoms with E-state index in [4.69, 9.17) is 5.73 Å². The fourth-order valence-corrected chi connectivity index (χ4v) is 3.04. The second-order valence-corrected chi connectivity index (χ2v) is 6.56. The number of nitrogens with one attached hydrogen (secondary N) is 1. The Hall–Kier alpha value is -2.31. The Morgan fingerprint density at radius 2 is 2.00 bits per heavy atom. The molecule has 0 spiro atoms. The van der Waals surface area contributed by atoms with E-state index in [1.165, 1.54) is 12.8 Å². The number of urea groups is 1. The summed E-state index contributed by atoms with van der Waals surface area (Å²) < 4.78 is 0. The average Bonchev–Trinajstić information content (AvgIpc) is 2.62. The number of anilines is 1. The lowest BCUT2D eigenvalue weighted by molar-refractivity contribution is 0.1000. The molecular formula is C18H29N5O2. The molecule has 2 heterocycles. The first-order chi connectivity index (χ1) is 12.0. The number of rotatable bonds is 7. The highest BCUT2D eigenvalue weighted by Crippen LogP contribution is 2.18. The molecule has 1 saturated heterocycles. The number of unbranched alkanes of at least 4 members (excludes halogenated alkanes) is 2. The van der Waals surface area contributed by atoms with Gasteiger partial charge in [0.2, 0.25) is 0 Å². The zero-order chi connectivity index (χ0) is 18.2. The number of nitrogens with zero attached hydrogens (tertiary/aromatic N) is 3. The predicted octanol–water partition coefficient (Wildman–Crippen LogP) is 1.98. The summed E-state index contributed by atoms with van der Waals surface area (Å²) in [6.07, 6.45) is 6.18. The predicted molar refractivity (Wildman–Crippen MR) is 98.7 cm³/mol. The van der Waals surface area contributed by atoms with Crippen molar-refractivity contribution in [3.63, 3.8) is 0 Å². The number of hydrogen-bond acceptors (Lipinski definition) is 4. The summed E-state index contributed by atoms with van der Waals surface area (Å²) in [5.74, 6) is 0.118. The van der Waals surface area contributed by atoms with Gasteiger partial charge in [-0.3, -0.25) is 4.79 Å². The summed E-state index contributed by atoms with van der Waals surface area (Å²) in [6.45, 7) is 6.69. The Balaban J connectivity index is 1.85. The van der Waals surface area contributed by atoms with Crippen molar-refractivity contribution in [3.8, 4) is 0 Å². The number of hydrogen-bond donors (Lipinski definition) is 2. The molecule has 0 aromatic carbocycles. The monoisotopic (exact) mass is 347 g/mol. The number of piperazine rings is 1. The van der Waals surface area contributed by atoms with Crippen LogP contribution >= 0.6 is 0 Å². The van der Waals surface area contributed by atoms with Crippen LogP contribution in [0.2, 0.25) is 0 Å². The molecule has 0 saturated carbocycles. The topological polar surface area (TPSA) is 91.6 Å². The average molecular weight is 347 g/mol. The van der Waals surface area contributed by atoms with Crippen molar-refractivity contribution in [2.45, 2.75) is 45.6 Å². The maximum atomic E-state index is 12.4. The first-order valence-corrected chi connectivity index (χ1v) is 9.08. The van der Waals surface area contributed by atoms with Crippen molar-refractivity contribution in [1.29, 1.82) is 0 Å². The standard InChI is InChI=1S/C18H29N5O2/c1-3-4-5-7-14(2)21-18(25)23-12-10-22(11-13-23)17-15(16(19)24)8-6-9-20-17/h6,8-9,14H,3-5,7,10-13H2,1-2H3,(H2,19,24)(H,21,25)/t14-/m1/s1. The van der Waals surface area contributed by atoms with Gasteiger partial charge >= 0.3 is 6.03 Å². The van der Waals surface area contributed by atoms with E-state index in [0.717, 1.165) is 12.8 Å². The van der Waals surface area contributed by atoms with E-state index >= 15 is 0 Å². The van der Waals surface area contributed by atoms with Crippen LogP contribution in [0.1, 0.15) is 49.9 Å². The minimum atomic E-state index is -0.482. The number of primary amides is 1. The largest absolute Gasteiger partial charge is 0.365 e. The first-order valence-electron chi connectivity index (χ1n) is 9.08. The molecule has 7 nitrogen and oxygen atoms in total. The molecule has 0 bridgehead atoms. The Kier molecular flexibility index (Phi) is 7.03. The number of aromatic nitrogens is 1. The van der Waals surface area contributed by atoms with E-state index < -0.39 is 5.91 Å². The molecule has 0 aliphatic carbocycles. The van der Waals surface area contributed by atoms with Gasteiger partial charge in [-0.15, -0.1) is 0 Å². The van der Waals surface area contributed by atoms with E-state index in [0.29, 0.717) is 37.6 Å². The van der Waals surface area contributed by atoms with Gasteiger partial charge < -0.3 is 20.9 Å². The van der Waals surface area contributed by atoms with Crippen LogP contribution < -0.4 is 16.0 Å². The zero-order valence-corrected chi connectivity index (χ0v) is 15.2. The highest BCUT2D eigenvalue weighted by atomic mass is 16.2. The van der Waals surface area contributed by atoms with Gasteiger partial charge in [-0.25, -0.2) is 9.78 Å². The lowest BCUT2D eigenvalue weighted by Gasteiger charge is -2.36. The van der Waals surface area contributed by atoms with Gasteiger partial charge in [0, 0.05) is 38.4 Å². The third-order valence-electron chi connectivity index (χ3n) is 4.53. The Labute approximate surface area is 149 Å². The third kappa shape index (κ3) is 5.34. The zero-order valence-electron chi connectivity index (χ0n) is 15.2. The SMILES string of the molecule is CCCCC[C@@H](C)NC(=O)N1CCN(c2ncccc2C(N)=O)CC1.